The molecule has 308 valence electrons. The highest BCUT2D eigenvalue weighted by molar-refractivity contribution is 8.04. The Hall–Kier alpha value is -5.82. The number of fused-ring (bicyclic) bond motifs is 8. The molecule has 10 rings (SSSR count). The first-order chi connectivity index (χ1) is 30.2. The number of thioether (sulfide) groups is 2. The fraction of sp³-hybridized carbons (Fsp3) is 0.214. The van der Waals surface area contributed by atoms with Crippen molar-refractivity contribution >= 4 is 79.2 Å². The van der Waals surface area contributed by atoms with Gasteiger partial charge < -0.3 is 9.80 Å². The van der Waals surface area contributed by atoms with Crippen LogP contribution < -0.4 is 9.80 Å². The van der Waals surface area contributed by atoms with Crippen molar-refractivity contribution in [3.05, 3.63) is 191 Å². The minimum atomic E-state index is -0.243. The largest absolute Gasteiger partial charge is 0.338 e. The minimum Gasteiger partial charge on any atom is -0.338 e. The molecule has 4 heterocycles. The molecule has 62 heavy (non-hydrogen) atoms. The zero-order valence-electron chi connectivity index (χ0n) is 36.6. The van der Waals surface area contributed by atoms with Gasteiger partial charge in [-0.2, -0.15) is 9.15 Å². The summed E-state index contributed by atoms with van der Waals surface area (Å²) in [5.41, 5.74) is 10.2. The standard InChI is InChI=1S/C56H54N4S2/c1-7-59-45-35-33-39-21-9-11-23-41(39)53(45)55(3,49(59)29-19-31-51-57(5)43-25-13-15-27-47(43)61-51)37-17-18-38-56(4)50(30-20-32-52-58(6)44-26-14-16-28-48(44)62-52)60(8-2)46-36-34-40-22-10-12-24-42(40)54(46)56/h9-36H,7-8,37-38H2,1-6H3/q+2. The average Bonchev–Trinajstić information content (AvgIpc) is 3.96. The third-order valence-electron chi connectivity index (χ3n) is 13.6. The van der Waals surface area contributed by atoms with Gasteiger partial charge in [0, 0.05) is 59.3 Å². The van der Waals surface area contributed by atoms with E-state index in [-0.39, 0.29) is 10.8 Å². The Morgan fingerprint density at radius 3 is 1.34 bits per heavy atom. The van der Waals surface area contributed by atoms with Crippen LogP contribution in [0.25, 0.3) is 21.5 Å². The van der Waals surface area contributed by atoms with Gasteiger partial charge in [0.05, 0.1) is 32.3 Å². The van der Waals surface area contributed by atoms with Crippen LogP contribution in [0.3, 0.4) is 0 Å². The Morgan fingerprint density at radius 1 is 0.516 bits per heavy atom. The molecule has 0 aliphatic carbocycles. The van der Waals surface area contributed by atoms with Gasteiger partial charge >= 0.3 is 0 Å². The first-order valence-electron chi connectivity index (χ1n) is 22.0. The number of allylic oxidation sites excluding steroid dienone is 8. The van der Waals surface area contributed by atoms with Gasteiger partial charge in [-0.3, -0.25) is 0 Å². The maximum Gasteiger partial charge on any atom is 0.210 e. The maximum absolute atomic E-state index is 2.55. The first-order valence-corrected chi connectivity index (χ1v) is 23.7. The van der Waals surface area contributed by atoms with E-state index in [9.17, 15) is 0 Å². The van der Waals surface area contributed by atoms with E-state index in [0.29, 0.717) is 0 Å². The van der Waals surface area contributed by atoms with Crippen molar-refractivity contribution in [3.63, 3.8) is 0 Å². The second-order valence-electron chi connectivity index (χ2n) is 17.2. The number of benzene rings is 6. The summed E-state index contributed by atoms with van der Waals surface area (Å²) in [7, 11) is 4.34. The third-order valence-corrected chi connectivity index (χ3v) is 16.0. The predicted octanol–water partition coefficient (Wildman–Crippen LogP) is 14.1. The van der Waals surface area contributed by atoms with Crippen molar-refractivity contribution in [2.45, 2.75) is 61.2 Å². The number of nitrogens with zero attached hydrogens (tertiary/aromatic N) is 4. The van der Waals surface area contributed by atoms with Gasteiger partial charge in [0.2, 0.25) is 11.4 Å². The van der Waals surface area contributed by atoms with Gasteiger partial charge in [-0.05, 0) is 111 Å². The molecule has 6 heteroatoms. The molecular formula is C56H54N4S2+2. The third kappa shape index (κ3) is 6.53. The van der Waals surface area contributed by atoms with Crippen LogP contribution in [0.1, 0.15) is 51.7 Å². The van der Waals surface area contributed by atoms with E-state index in [1.807, 2.05) is 23.5 Å². The lowest BCUT2D eigenvalue weighted by Gasteiger charge is -2.24. The highest BCUT2D eigenvalue weighted by Crippen LogP contribution is 2.50. The normalized spacial score (nSPS) is 22.0. The Morgan fingerprint density at radius 2 is 0.919 bits per heavy atom. The van der Waals surface area contributed by atoms with Crippen LogP contribution in [0.4, 0.5) is 22.7 Å². The summed E-state index contributed by atoms with van der Waals surface area (Å²) in [6, 6.07) is 44.5. The topological polar surface area (TPSA) is 12.5 Å². The summed E-state index contributed by atoms with van der Waals surface area (Å²) in [6.45, 7) is 11.3. The molecule has 0 saturated carbocycles. The average molecular weight is 847 g/mol. The zero-order chi connectivity index (χ0) is 42.6. The number of para-hydroxylation sites is 2. The van der Waals surface area contributed by atoms with E-state index in [4.69, 9.17) is 0 Å². The molecule has 0 N–H and O–H groups in total. The molecule has 6 aromatic carbocycles. The number of hydrogen-bond donors (Lipinski definition) is 0. The molecule has 0 bridgehead atoms. The molecule has 4 aliphatic rings. The molecule has 4 nitrogen and oxygen atoms in total. The van der Waals surface area contributed by atoms with Gasteiger partial charge in [0.25, 0.3) is 0 Å². The lowest BCUT2D eigenvalue weighted by atomic mass is 9.73. The highest BCUT2D eigenvalue weighted by Gasteiger charge is 2.49. The highest BCUT2D eigenvalue weighted by atomic mass is 32.2. The lowest BCUT2D eigenvalue weighted by molar-refractivity contribution is -0.433. The van der Waals surface area contributed by atoms with E-state index in [1.54, 1.807) is 0 Å². The van der Waals surface area contributed by atoms with E-state index in [1.165, 1.54) is 86.7 Å². The second kappa shape index (κ2) is 16.1. The quantitative estimate of drug-likeness (QED) is 0.101. The first kappa shape index (κ1) is 40.3. The summed E-state index contributed by atoms with van der Waals surface area (Å²) in [5.74, 6) is 0. The van der Waals surface area contributed by atoms with Crippen molar-refractivity contribution < 1.29 is 9.15 Å². The van der Waals surface area contributed by atoms with Gasteiger partial charge in [-0.1, -0.05) is 121 Å². The van der Waals surface area contributed by atoms with E-state index in [0.717, 1.165) is 25.9 Å². The monoisotopic (exact) mass is 846 g/mol. The molecule has 0 aromatic heterocycles. The van der Waals surface area contributed by atoms with Crippen molar-refractivity contribution in [2.75, 3.05) is 37.0 Å². The fourth-order valence-corrected chi connectivity index (χ4v) is 12.6. The number of rotatable bonds is 10. The molecule has 0 fully saturated rings. The molecule has 2 unspecified atom stereocenters. The van der Waals surface area contributed by atoms with E-state index in [2.05, 4.69) is 231 Å². The Kier molecular flexibility index (Phi) is 10.5. The summed E-state index contributed by atoms with van der Waals surface area (Å²) < 4.78 is 5.10. The molecule has 2 atom stereocenters. The van der Waals surface area contributed by atoms with Crippen LogP contribution in [0, 0.1) is 0 Å². The SMILES string of the molecule is CC[N+]1=C(/C=C/C=C2\Sc3ccccc3N2C)C(C)(CC=CCC2(C)C(/C=C/C=C3\Sc4ccccc4N3C)=[N+](CC)c3ccc4ccccc4c32)c2c1ccc1ccccc21. The maximum atomic E-state index is 2.55. The van der Waals surface area contributed by atoms with Crippen LogP contribution in [0.15, 0.2) is 190 Å². The second-order valence-corrected chi connectivity index (χ2v) is 19.3. The van der Waals surface area contributed by atoms with Crippen LogP contribution >= 0.6 is 23.5 Å². The van der Waals surface area contributed by atoms with Crippen LogP contribution in [0.5, 0.6) is 0 Å². The Bertz CT molecular complexity index is 2820. The minimum absolute atomic E-state index is 0.243. The smallest absolute Gasteiger partial charge is 0.210 e. The Balaban J connectivity index is 1.02. The number of hydrogen-bond acceptors (Lipinski definition) is 4. The summed E-state index contributed by atoms with van der Waals surface area (Å²) in [5, 5.41) is 7.75. The van der Waals surface area contributed by atoms with Crippen molar-refractivity contribution in [1.29, 1.82) is 0 Å². The number of anilines is 2. The molecule has 6 aromatic rings. The molecule has 0 spiro atoms. The molecule has 0 amide bonds. The lowest BCUT2D eigenvalue weighted by Crippen LogP contribution is -2.32. The fourth-order valence-electron chi connectivity index (χ4n) is 10.5. The van der Waals surface area contributed by atoms with Gasteiger partial charge in [-0.25, -0.2) is 0 Å². The van der Waals surface area contributed by atoms with Crippen molar-refractivity contribution in [2.24, 2.45) is 0 Å². The molecule has 4 aliphatic heterocycles. The van der Waals surface area contributed by atoms with Crippen molar-refractivity contribution in [1.82, 2.24) is 0 Å². The van der Waals surface area contributed by atoms with Crippen LogP contribution in [-0.2, 0) is 10.8 Å². The van der Waals surface area contributed by atoms with Gasteiger partial charge in [0.1, 0.15) is 13.1 Å². The van der Waals surface area contributed by atoms with Gasteiger partial charge in [0.15, 0.2) is 11.4 Å². The Labute approximate surface area is 375 Å². The summed E-state index contributed by atoms with van der Waals surface area (Å²) >= 11 is 3.68. The summed E-state index contributed by atoms with van der Waals surface area (Å²) in [6.07, 6.45) is 20.7. The van der Waals surface area contributed by atoms with E-state index >= 15 is 0 Å². The van der Waals surface area contributed by atoms with Crippen LogP contribution in [0.2, 0.25) is 0 Å². The van der Waals surface area contributed by atoms with Crippen molar-refractivity contribution in [3.8, 4) is 0 Å². The van der Waals surface area contributed by atoms with E-state index < -0.39 is 0 Å². The predicted molar refractivity (Wildman–Crippen MR) is 268 cm³/mol. The summed E-state index contributed by atoms with van der Waals surface area (Å²) in [4.78, 5) is 7.22. The molecule has 0 saturated heterocycles. The zero-order valence-corrected chi connectivity index (χ0v) is 38.2. The van der Waals surface area contributed by atoms with Gasteiger partial charge in [-0.15, -0.1) is 0 Å². The molecule has 0 radical (unpaired) electrons. The molecular weight excluding hydrogens is 793 g/mol. The van der Waals surface area contributed by atoms with Crippen LogP contribution in [-0.4, -0.2) is 47.8 Å².